The first-order chi connectivity index (χ1) is 11.8. The molecule has 0 rings (SSSR count). The van der Waals surface area contributed by atoms with Gasteiger partial charge in [-0.3, -0.25) is 0 Å². The van der Waals surface area contributed by atoms with E-state index in [1.165, 1.54) is 11.5 Å². The Hall–Kier alpha value is 1.76. The summed E-state index contributed by atoms with van der Waals surface area (Å²) in [5.74, 6) is 2.38. The van der Waals surface area contributed by atoms with Gasteiger partial charge in [-0.25, -0.2) is 0 Å². The first-order valence-corrected chi connectivity index (χ1v) is 15.7. The molecular formula is C16H26S8. The van der Waals surface area contributed by atoms with Gasteiger partial charge in [-0.15, -0.1) is 94.1 Å². The predicted molar refractivity (Wildman–Crippen MR) is 138 cm³/mol. The summed E-state index contributed by atoms with van der Waals surface area (Å²) < 4.78 is 0. The zero-order valence-electron chi connectivity index (χ0n) is 13.8. The highest BCUT2D eigenvalue weighted by Gasteiger charge is 2.22. The first kappa shape index (κ1) is 25.8. The zero-order valence-corrected chi connectivity index (χ0v) is 20.3. The van der Waals surface area contributed by atoms with Crippen LogP contribution in [0.2, 0.25) is 0 Å². The van der Waals surface area contributed by atoms with E-state index < -0.39 is 0 Å². The van der Waals surface area contributed by atoms with E-state index in [9.17, 15) is 0 Å². The zero-order chi connectivity index (χ0) is 17.9. The summed E-state index contributed by atoms with van der Waals surface area (Å²) in [7, 11) is 0. The van der Waals surface area contributed by atoms with Crippen LogP contribution in [0.15, 0.2) is 47.9 Å². The Balaban J connectivity index is 4.55. The van der Waals surface area contributed by atoms with E-state index in [-0.39, 0.29) is 0 Å². The maximum atomic E-state index is 3.81. The molecule has 0 aromatic rings. The maximum absolute atomic E-state index is 3.81. The second kappa shape index (κ2) is 21.1. The summed E-state index contributed by atoms with van der Waals surface area (Å²) in [5, 5.41) is 13.4. The monoisotopic (exact) mass is 474 g/mol. The normalized spacial score (nSPS) is 13.2. The number of hydrogen-bond acceptors (Lipinski definition) is 8. The quantitative estimate of drug-likeness (QED) is 0.135. The van der Waals surface area contributed by atoms with Crippen molar-refractivity contribution in [3.05, 3.63) is 47.9 Å². The predicted octanol–water partition coefficient (Wildman–Crippen LogP) is 7.99. The molecule has 0 heterocycles. The van der Waals surface area contributed by atoms with Crippen LogP contribution in [0.1, 0.15) is 0 Å². The van der Waals surface area contributed by atoms with Gasteiger partial charge in [-0.05, 0) is 21.6 Å². The smallest absolute Gasteiger partial charge is 0.0436 e. The molecule has 0 N–H and O–H groups in total. The van der Waals surface area contributed by atoms with Gasteiger partial charge in [0, 0.05) is 42.3 Å². The third-order valence-corrected chi connectivity index (χ3v) is 11.6. The van der Waals surface area contributed by atoms with Crippen LogP contribution in [0.4, 0.5) is 0 Å². The topological polar surface area (TPSA) is 0 Å². The van der Waals surface area contributed by atoms with Crippen LogP contribution in [0.3, 0.4) is 0 Å². The molecule has 0 saturated carbocycles. The van der Waals surface area contributed by atoms with Crippen molar-refractivity contribution in [2.24, 2.45) is 0 Å². The average Bonchev–Trinajstić information content (AvgIpc) is 2.59. The summed E-state index contributed by atoms with van der Waals surface area (Å²) in [5.41, 5.74) is 0. The molecule has 0 fully saturated rings. The molecule has 0 bridgehead atoms. The third kappa shape index (κ3) is 16.0. The van der Waals surface area contributed by atoms with Gasteiger partial charge in [0.1, 0.15) is 0 Å². The minimum Gasteiger partial charge on any atom is -0.150 e. The fourth-order valence-electron chi connectivity index (χ4n) is 1.40. The lowest BCUT2D eigenvalue weighted by Crippen LogP contribution is -2.26. The number of rotatable bonds is 19. The second-order valence-electron chi connectivity index (χ2n) is 3.96. The van der Waals surface area contributed by atoms with Gasteiger partial charge in [-0.2, -0.15) is 0 Å². The van der Waals surface area contributed by atoms with E-state index in [0.29, 0.717) is 10.5 Å². The Morgan fingerprint density at radius 2 is 0.875 bits per heavy atom. The van der Waals surface area contributed by atoms with Crippen molar-refractivity contribution in [1.29, 1.82) is 0 Å². The maximum Gasteiger partial charge on any atom is 0.0436 e. The summed E-state index contributed by atoms with van der Waals surface area (Å²) in [6.45, 7) is 15.2. The molecule has 24 heavy (non-hydrogen) atoms. The molecule has 0 aliphatic heterocycles. The molecule has 0 aromatic heterocycles. The fourth-order valence-corrected chi connectivity index (χ4v) is 10.1. The van der Waals surface area contributed by atoms with Crippen LogP contribution in [0.25, 0.3) is 0 Å². The Kier molecular flexibility index (Phi) is 22.6. The van der Waals surface area contributed by atoms with E-state index in [0.717, 1.165) is 20.3 Å². The summed E-state index contributed by atoms with van der Waals surface area (Å²) in [6.07, 6.45) is 0. The van der Waals surface area contributed by atoms with E-state index in [1.807, 2.05) is 45.2 Å². The van der Waals surface area contributed by atoms with Gasteiger partial charge < -0.3 is 0 Å². The van der Waals surface area contributed by atoms with Crippen LogP contribution in [0, 0.1) is 0 Å². The third-order valence-electron chi connectivity index (χ3n) is 2.45. The van der Waals surface area contributed by atoms with Crippen molar-refractivity contribution in [1.82, 2.24) is 0 Å². The van der Waals surface area contributed by atoms with Crippen LogP contribution in [-0.4, -0.2) is 42.3 Å². The van der Waals surface area contributed by atoms with Crippen LogP contribution < -0.4 is 0 Å². The Labute approximate surface area is 182 Å². The van der Waals surface area contributed by atoms with Crippen LogP contribution in [0.5, 0.6) is 0 Å². The van der Waals surface area contributed by atoms with Crippen LogP contribution >= 0.6 is 94.1 Å². The molecule has 0 aliphatic rings. The minimum atomic E-state index is 0.657. The number of hydrogen-bond donors (Lipinski definition) is 0. The Morgan fingerprint density at radius 3 is 1.21 bits per heavy atom. The average molecular weight is 475 g/mol. The highest BCUT2D eigenvalue weighted by molar-refractivity contribution is 8.21. The van der Waals surface area contributed by atoms with Crippen molar-refractivity contribution in [3.63, 3.8) is 0 Å². The fraction of sp³-hybridized carbons (Fsp3) is 0.500. The Bertz CT molecular complexity index is 302. The molecule has 0 spiro atoms. The van der Waals surface area contributed by atoms with Gasteiger partial charge >= 0.3 is 0 Å². The molecule has 0 aliphatic carbocycles. The first-order valence-electron chi connectivity index (χ1n) is 7.08. The van der Waals surface area contributed by atoms with Crippen molar-refractivity contribution >= 4 is 94.1 Å². The molecule has 0 saturated heterocycles. The molecule has 138 valence electrons. The highest BCUT2D eigenvalue weighted by atomic mass is 32.2. The molecule has 0 nitrogen and oxygen atoms in total. The Morgan fingerprint density at radius 1 is 0.542 bits per heavy atom. The highest BCUT2D eigenvalue weighted by Crippen LogP contribution is 2.35. The van der Waals surface area contributed by atoms with Crippen LogP contribution in [-0.2, 0) is 0 Å². The lowest BCUT2D eigenvalue weighted by molar-refractivity contribution is 0.954. The second-order valence-corrected chi connectivity index (χ2v) is 13.8. The van der Waals surface area contributed by atoms with Gasteiger partial charge in [0.2, 0.25) is 0 Å². The van der Waals surface area contributed by atoms with E-state index in [4.69, 9.17) is 0 Å². The summed E-state index contributed by atoms with van der Waals surface area (Å²) in [6, 6.07) is 0. The van der Waals surface area contributed by atoms with Crippen molar-refractivity contribution in [3.8, 4) is 0 Å². The molecular weight excluding hydrogens is 449 g/mol. The lowest BCUT2D eigenvalue weighted by atomic mass is 10.3. The van der Waals surface area contributed by atoms with Gasteiger partial charge in [-0.1, -0.05) is 26.3 Å². The van der Waals surface area contributed by atoms with Crippen molar-refractivity contribution < 1.29 is 0 Å². The summed E-state index contributed by atoms with van der Waals surface area (Å²) >= 11 is 15.4. The van der Waals surface area contributed by atoms with Gasteiger partial charge in [0.25, 0.3) is 0 Å². The van der Waals surface area contributed by atoms with E-state index in [1.54, 1.807) is 47.0 Å². The molecule has 8 heteroatoms. The summed E-state index contributed by atoms with van der Waals surface area (Å²) in [4.78, 5) is 0. The molecule has 0 amide bonds. The van der Waals surface area contributed by atoms with Gasteiger partial charge in [0.05, 0.1) is 0 Å². The standard InChI is InChI=1S/C16H26S8/c1-5-17-11-21-9-15(23-13-19-7-3)16(24-14-20-8-4)10-22-12-18-6-2/h5-8,15-16H,1-4,9-14H2. The SMILES string of the molecule is C=CSCSCC(SCSC=C)C(CSCSC=C)SCSC=C. The minimum absolute atomic E-state index is 0.657. The molecule has 0 aromatic carbocycles. The lowest BCUT2D eigenvalue weighted by Gasteiger charge is -2.25. The van der Waals surface area contributed by atoms with Gasteiger partial charge in [0.15, 0.2) is 0 Å². The number of thioether (sulfide) groups is 8. The molecule has 2 atom stereocenters. The molecule has 0 radical (unpaired) electrons. The molecule has 2 unspecified atom stereocenters. The van der Waals surface area contributed by atoms with Crippen molar-refractivity contribution in [2.45, 2.75) is 10.5 Å². The van der Waals surface area contributed by atoms with Crippen molar-refractivity contribution in [2.75, 3.05) is 31.8 Å². The van der Waals surface area contributed by atoms with E-state index >= 15 is 0 Å². The largest absolute Gasteiger partial charge is 0.150 e. The van der Waals surface area contributed by atoms with E-state index in [2.05, 4.69) is 49.8 Å².